The number of hydrogen-bond acceptors (Lipinski definition) is 5. The highest BCUT2D eigenvalue weighted by Crippen LogP contribution is 2.25. The molecule has 1 heterocycles. The Morgan fingerprint density at radius 3 is 2.86 bits per heavy atom. The molecule has 0 radical (unpaired) electrons. The Labute approximate surface area is 133 Å². The molecule has 2 aromatic rings. The van der Waals surface area contributed by atoms with Gasteiger partial charge in [-0.1, -0.05) is 33.8 Å². The van der Waals surface area contributed by atoms with E-state index in [2.05, 4.69) is 31.3 Å². The van der Waals surface area contributed by atoms with Gasteiger partial charge >= 0.3 is 0 Å². The van der Waals surface area contributed by atoms with Gasteiger partial charge in [-0.15, -0.1) is 0 Å². The molecule has 8 heteroatoms. The maximum absolute atomic E-state index is 11.4. The Bertz CT molecular complexity index is 732. The standard InChI is InChI=1S/C13H13BrN4O2S/c1-7-4-11(19)17-13(16-7)21-6-9-3-2-8(5-10(9)14)12(20)18-15/h2-5H,6,15H2,1H3,(H,18,20)(H,16,17,19). The number of benzene rings is 1. The van der Waals surface area contributed by atoms with Gasteiger partial charge in [0.15, 0.2) is 5.16 Å². The van der Waals surface area contributed by atoms with Gasteiger partial charge < -0.3 is 4.98 Å². The van der Waals surface area contributed by atoms with E-state index >= 15 is 0 Å². The highest BCUT2D eigenvalue weighted by atomic mass is 79.9. The predicted molar refractivity (Wildman–Crippen MR) is 85.0 cm³/mol. The first kappa shape index (κ1) is 15.7. The number of aromatic amines is 1. The van der Waals surface area contributed by atoms with Gasteiger partial charge in [0.2, 0.25) is 0 Å². The Morgan fingerprint density at radius 2 is 2.24 bits per heavy atom. The average molecular weight is 369 g/mol. The van der Waals surface area contributed by atoms with Gasteiger partial charge in [0.05, 0.1) is 0 Å². The number of hydrazine groups is 1. The fourth-order valence-electron chi connectivity index (χ4n) is 1.66. The van der Waals surface area contributed by atoms with Gasteiger partial charge in [0, 0.05) is 27.5 Å². The molecular weight excluding hydrogens is 356 g/mol. The molecule has 1 aromatic carbocycles. The zero-order valence-corrected chi connectivity index (χ0v) is 13.5. The van der Waals surface area contributed by atoms with Crippen LogP contribution in [0.1, 0.15) is 21.6 Å². The number of nitrogen functional groups attached to an aromatic ring is 1. The van der Waals surface area contributed by atoms with Crippen LogP contribution in [0.3, 0.4) is 0 Å². The molecule has 0 fully saturated rings. The fraction of sp³-hybridized carbons (Fsp3) is 0.154. The quantitative estimate of drug-likeness (QED) is 0.251. The van der Waals surface area contributed by atoms with Gasteiger partial charge in [-0.05, 0) is 24.6 Å². The number of amides is 1. The van der Waals surface area contributed by atoms with E-state index in [1.165, 1.54) is 17.8 Å². The molecule has 0 aliphatic heterocycles. The monoisotopic (exact) mass is 368 g/mol. The number of halogens is 1. The van der Waals surface area contributed by atoms with Gasteiger partial charge in [-0.2, -0.15) is 0 Å². The molecule has 0 aliphatic carbocycles. The third-order valence-corrected chi connectivity index (χ3v) is 4.32. The normalized spacial score (nSPS) is 10.4. The van der Waals surface area contributed by atoms with Gasteiger partial charge in [0.25, 0.3) is 11.5 Å². The number of carbonyl (C=O) groups excluding carboxylic acids is 1. The topological polar surface area (TPSA) is 101 Å². The molecule has 6 nitrogen and oxygen atoms in total. The number of thioether (sulfide) groups is 1. The fourth-order valence-corrected chi connectivity index (χ4v) is 3.28. The van der Waals surface area contributed by atoms with E-state index < -0.39 is 0 Å². The molecule has 110 valence electrons. The molecule has 1 aromatic heterocycles. The zero-order valence-electron chi connectivity index (χ0n) is 11.1. The predicted octanol–water partition coefficient (Wildman–Crippen LogP) is 1.74. The van der Waals surface area contributed by atoms with Crippen LogP contribution in [0.15, 0.2) is 38.7 Å². The molecule has 0 aliphatic rings. The summed E-state index contributed by atoms with van der Waals surface area (Å²) in [5.41, 5.74) is 4.05. The summed E-state index contributed by atoms with van der Waals surface area (Å²) in [6.45, 7) is 1.77. The molecule has 4 N–H and O–H groups in total. The van der Waals surface area contributed by atoms with Crippen LogP contribution in [0.25, 0.3) is 0 Å². The SMILES string of the molecule is Cc1cc(=O)[nH]c(SCc2ccc(C(=O)NN)cc2Br)n1. The van der Waals surface area contributed by atoms with Crippen LogP contribution in [-0.4, -0.2) is 15.9 Å². The van der Waals surface area contributed by atoms with Crippen LogP contribution < -0.4 is 16.8 Å². The van der Waals surface area contributed by atoms with Crippen LogP contribution in [0.5, 0.6) is 0 Å². The van der Waals surface area contributed by atoms with Crippen molar-refractivity contribution < 1.29 is 4.79 Å². The molecule has 0 unspecified atom stereocenters. The van der Waals surface area contributed by atoms with Crippen molar-refractivity contribution >= 4 is 33.6 Å². The smallest absolute Gasteiger partial charge is 0.265 e. The minimum Gasteiger partial charge on any atom is -0.301 e. The van der Waals surface area contributed by atoms with Gasteiger partial charge in [0.1, 0.15) is 0 Å². The Hall–Kier alpha value is -1.64. The Kier molecular flexibility index (Phi) is 5.16. The summed E-state index contributed by atoms with van der Waals surface area (Å²) in [4.78, 5) is 29.7. The van der Waals surface area contributed by atoms with E-state index in [4.69, 9.17) is 5.84 Å². The summed E-state index contributed by atoms with van der Waals surface area (Å²) in [7, 11) is 0. The minimum absolute atomic E-state index is 0.168. The molecular formula is C13H13BrN4O2S. The van der Waals surface area contributed by atoms with E-state index in [1.807, 2.05) is 6.07 Å². The highest BCUT2D eigenvalue weighted by molar-refractivity contribution is 9.10. The molecule has 0 atom stereocenters. The van der Waals surface area contributed by atoms with E-state index in [1.54, 1.807) is 19.1 Å². The Balaban J connectivity index is 2.13. The van der Waals surface area contributed by atoms with Crippen molar-refractivity contribution in [2.75, 3.05) is 0 Å². The number of nitrogens with zero attached hydrogens (tertiary/aromatic N) is 1. The second-order valence-corrected chi connectivity index (χ2v) is 6.08. The lowest BCUT2D eigenvalue weighted by Gasteiger charge is -2.06. The van der Waals surface area contributed by atoms with E-state index in [0.29, 0.717) is 22.2 Å². The van der Waals surface area contributed by atoms with Crippen LogP contribution in [-0.2, 0) is 5.75 Å². The van der Waals surface area contributed by atoms with Crippen molar-refractivity contribution in [1.82, 2.24) is 15.4 Å². The number of H-pyrrole nitrogens is 1. The number of carbonyl (C=O) groups is 1. The summed E-state index contributed by atoms with van der Waals surface area (Å²) in [5.74, 6) is 5.36. The van der Waals surface area contributed by atoms with Crippen molar-refractivity contribution in [3.63, 3.8) is 0 Å². The second kappa shape index (κ2) is 6.88. The summed E-state index contributed by atoms with van der Waals surface area (Å²) < 4.78 is 0.797. The number of nitrogens with one attached hydrogen (secondary N) is 2. The summed E-state index contributed by atoms with van der Waals surface area (Å²) in [6, 6.07) is 6.66. The highest BCUT2D eigenvalue weighted by Gasteiger charge is 2.08. The van der Waals surface area contributed by atoms with Crippen LogP contribution in [0, 0.1) is 6.92 Å². The van der Waals surface area contributed by atoms with Gasteiger partial charge in [-0.3, -0.25) is 15.0 Å². The molecule has 0 saturated carbocycles. The molecule has 0 spiro atoms. The summed E-state index contributed by atoms with van der Waals surface area (Å²) >= 11 is 4.83. The van der Waals surface area contributed by atoms with Crippen LogP contribution in [0.4, 0.5) is 0 Å². The maximum atomic E-state index is 11.4. The first-order valence-corrected chi connectivity index (χ1v) is 7.77. The number of nitrogens with two attached hydrogens (primary N) is 1. The lowest BCUT2D eigenvalue weighted by Crippen LogP contribution is -2.29. The second-order valence-electron chi connectivity index (χ2n) is 4.26. The Morgan fingerprint density at radius 1 is 1.48 bits per heavy atom. The minimum atomic E-state index is -0.348. The van der Waals surface area contributed by atoms with Crippen LogP contribution in [0.2, 0.25) is 0 Å². The molecule has 21 heavy (non-hydrogen) atoms. The zero-order chi connectivity index (χ0) is 15.4. The van der Waals surface area contributed by atoms with Gasteiger partial charge in [-0.25, -0.2) is 10.8 Å². The lowest BCUT2D eigenvalue weighted by molar-refractivity contribution is 0.0953. The molecule has 1 amide bonds. The third-order valence-electron chi connectivity index (χ3n) is 2.66. The summed E-state index contributed by atoms with van der Waals surface area (Å²) in [5, 5.41) is 0.565. The first-order chi connectivity index (χ1) is 9.99. The number of aromatic nitrogens is 2. The number of aryl methyl sites for hydroxylation is 1. The third kappa shape index (κ3) is 4.16. The molecule has 0 bridgehead atoms. The lowest BCUT2D eigenvalue weighted by atomic mass is 10.1. The number of hydrogen-bond donors (Lipinski definition) is 3. The van der Waals surface area contributed by atoms with E-state index in [9.17, 15) is 9.59 Å². The average Bonchev–Trinajstić information content (AvgIpc) is 2.44. The largest absolute Gasteiger partial charge is 0.301 e. The van der Waals surface area contributed by atoms with Crippen molar-refractivity contribution in [2.24, 2.45) is 5.84 Å². The molecule has 0 saturated heterocycles. The van der Waals surface area contributed by atoms with Crippen LogP contribution >= 0.6 is 27.7 Å². The number of rotatable bonds is 4. The first-order valence-electron chi connectivity index (χ1n) is 5.99. The molecule has 2 rings (SSSR count). The van der Waals surface area contributed by atoms with E-state index in [-0.39, 0.29) is 11.5 Å². The van der Waals surface area contributed by atoms with Crippen molar-refractivity contribution in [2.45, 2.75) is 17.8 Å². The van der Waals surface area contributed by atoms with Crippen molar-refractivity contribution in [1.29, 1.82) is 0 Å². The summed E-state index contributed by atoms with van der Waals surface area (Å²) in [6.07, 6.45) is 0. The van der Waals surface area contributed by atoms with Crippen molar-refractivity contribution in [3.05, 3.63) is 55.9 Å². The van der Waals surface area contributed by atoms with E-state index in [0.717, 1.165) is 10.0 Å². The maximum Gasteiger partial charge on any atom is 0.265 e. The van der Waals surface area contributed by atoms with Crippen molar-refractivity contribution in [3.8, 4) is 0 Å².